The summed E-state index contributed by atoms with van der Waals surface area (Å²) in [7, 11) is 1.68. The molecule has 2 N–H and O–H groups in total. The first kappa shape index (κ1) is 16.8. The Morgan fingerprint density at radius 1 is 0.920 bits per heavy atom. The molecule has 0 atom stereocenters. The highest BCUT2D eigenvalue weighted by molar-refractivity contribution is 5.42. The Balaban J connectivity index is 1.54. The van der Waals surface area contributed by atoms with E-state index in [9.17, 15) is 0 Å². The molecule has 25 heavy (non-hydrogen) atoms. The standard InChI is InChI=1S/C20H22N4O/c1-25-18-10-6-5-9-17(18)15-23-19-12-14-22-20(24-19)21-13-11-16-7-3-2-4-8-16/h2-10,12,14H,11,13,15H2,1H3,(H2,21,22,23,24). The lowest BCUT2D eigenvalue weighted by Crippen LogP contribution is -2.09. The monoisotopic (exact) mass is 334 g/mol. The van der Waals surface area contributed by atoms with E-state index in [2.05, 4.69) is 32.7 Å². The van der Waals surface area contributed by atoms with Gasteiger partial charge in [0.25, 0.3) is 0 Å². The number of anilines is 2. The summed E-state index contributed by atoms with van der Waals surface area (Å²) in [5.41, 5.74) is 2.38. The van der Waals surface area contributed by atoms with Crippen LogP contribution in [0.4, 0.5) is 11.8 Å². The first-order valence-corrected chi connectivity index (χ1v) is 8.32. The van der Waals surface area contributed by atoms with Crippen molar-refractivity contribution >= 4 is 11.8 Å². The third-order valence-electron chi connectivity index (χ3n) is 3.85. The van der Waals surface area contributed by atoms with E-state index in [1.165, 1.54) is 5.56 Å². The summed E-state index contributed by atoms with van der Waals surface area (Å²) in [6.07, 6.45) is 2.69. The molecule has 1 aromatic heterocycles. The van der Waals surface area contributed by atoms with Crippen molar-refractivity contribution in [2.75, 3.05) is 24.3 Å². The number of hydrogen-bond donors (Lipinski definition) is 2. The molecule has 0 saturated carbocycles. The molecule has 0 saturated heterocycles. The molecule has 3 aromatic rings. The van der Waals surface area contributed by atoms with Crippen molar-refractivity contribution in [3.05, 3.63) is 78.0 Å². The van der Waals surface area contributed by atoms with Crippen LogP contribution in [-0.4, -0.2) is 23.6 Å². The lowest BCUT2D eigenvalue weighted by Gasteiger charge is -2.11. The molecule has 5 heteroatoms. The third-order valence-corrected chi connectivity index (χ3v) is 3.85. The van der Waals surface area contributed by atoms with Crippen LogP contribution in [0.25, 0.3) is 0 Å². The van der Waals surface area contributed by atoms with Gasteiger partial charge in [0.2, 0.25) is 5.95 Å². The summed E-state index contributed by atoms with van der Waals surface area (Å²) in [6, 6.07) is 20.2. The van der Waals surface area contributed by atoms with Crippen molar-refractivity contribution in [1.82, 2.24) is 9.97 Å². The molecule has 0 amide bonds. The molecule has 0 aliphatic carbocycles. The SMILES string of the molecule is COc1ccccc1CNc1ccnc(NCCc2ccccc2)n1. The quantitative estimate of drug-likeness (QED) is 0.657. The summed E-state index contributed by atoms with van der Waals surface area (Å²) in [4.78, 5) is 8.77. The van der Waals surface area contributed by atoms with Gasteiger partial charge in [-0.15, -0.1) is 0 Å². The summed E-state index contributed by atoms with van der Waals surface area (Å²) >= 11 is 0. The van der Waals surface area contributed by atoms with Gasteiger partial charge in [-0.2, -0.15) is 4.98 Å². The molecule has 5 nitrogen and oxygen atoms in total. The maximum atomic E-state index is 5.37. The Bertz CT molecular complexity index is 792. The van der Waals surface area contributed by atoms with E-state index in [-0.39, 0.29) is 0 Å². The van der Waals surface area contributed by atoms with Crippen LogP contribution in [0, 0.1) is 0 Å². The van der Waals surface area contributed by atoms with E-state index in [4.69, 9.17) is 4.74 Å². The molecule has 0 unspecified atom stereocenters. The zero-order valence-corrected chi connectivity index (χ0v) is 14.3. The maximum absolute atomic E-state index is 5.37. The van der Waals surface area contributed by atoms with E-state index in [1.807, 2.05) is 48.5 Å². The fourth-order valence-electron chi connectivity index (χ4n) is 2.54. The number of methoxy groups -OCH3 is 1. The lowest BCUT2D eigenvalue weighted by atomic mass is 10.1. The second kappa shape index (κ2) is 8.68. The summed E-state index contributed by atoms with van der Waals surface area (Å²) < 4.78 is 5.37. The molecule has 0 bridgehead atoms. The van der Waals surface area contributed by atoms with Gasteiger partial charge in [0.15, 0.2) is 0 Å². The summed E-state index contributed by atoms with van der Waals surface area (Å²) in [5, 5.41) is 6.58. The Kier molecular flexibility index (Phi) is 5.82. The van der Waals surface area contributed by atoms with E-state index in [0.29, 0.717) is 12.5 Å². The normalized spacial score (nSPS) is 10.3. The molecule has 0 aliphatic heterocycles. The number of nitrogens with one attached hydrogen (secondary N) is 2. The highest BCUT2D eigenvalue weighted by Crippen LogP contribution is 2.18. The molecular formula is C20H22N4O. The van der Waals surface area contributed by atoms with Crippen LogP contribution < -0.4 is 15.4 Å². The topological polar surface area (TPSA) is 59.1 Å². The highest BCUT2D eigenvalue weighted by Gasteiger charge is 2.03. The number of nitrogens with zero attached hydrogens (tertiary/aromatic N) is 2. The Morgan fingerprint density at radius 2 is 1.72 bits per heavy atom. The summed E-state index contributed by atoms with van der Waals surface area (Å²) in [5.74, 6) is 2.27. The van der Waals surface area contributed by atoms with Gasteiger partial charge in [0, 0.05) is 24.8 Å². The maximum Gasteiger partial charge on any atom is 0.224 e. The zero-order chi connectivity index (χ0) is 17.3. The number of rotatable bonds is 8. The molecule has 0 radical (unpaired) electrons. The van der Waals surface area contributed by atoms with Crippen LogP contribution in [-0.2, 0) is 13.0 Å². The number of benzene rings is 2. The van der Waals surface area contributed by atoms with Gasteiger partial charge in [0.1, 0.15) is 11.6 Å². The Hall–Kier alpha value is -3.08. The van der Waals surface area contributed by atoms with Gasteiger partial charge in [-0.25, -0.2) is 4.98 Å². The second-order valence-electron chi connectivity index (χ2n) is 5.59. The van der Waals surface area contributed by atoms with Crippen LogP contribution in [0.2, 0.25) is 0 Å². The van der Waals surface area contributed by atoms with Gasteiger partial charge in [-0.05, 0) is 24.1 Å². The molecule has 0 aliphatic rings. The summed E-state index contributed by atoms with van der Waals surface area (Å²) in [6.45, 7) is 1.43. The van der Waals surface area contributed by atoms with Crippen molar-refractivity contribution < 1.29 is 4.74 Å². The number of para-hydroxylation sites is 1. The fourth-order valence-corrected chi connectivity index (χ4v) is 2.54. The average Bonchev–Trinajstić information content (AvgIpc) is 2.68. The number of aromatic nitrogens is 2. The molecule has 0 spiro atoms. The minimum Gasteiger partial charge on any atom is -0.496 e. The fraction of sp³-hybridized carbons (Fsp3) is 0.200. The molecule has 3 rings (SSSR count). The van der Waals surface area contributed by atoms with E-state index < -0.39 is 0 Å². The van der Waals surface area contributed by atoms with Gasteiger partial charge < -0.3 is 15.4 Å². The second-order valence-corrected chi connectivity index (χ2v) is 5.59. The van der Waals surface area contributed by atoms with Gasteiger partial charge in [-0.3, -0.25) is 0 Å². The third kappa shape index (κ3) is 4.94. The van der Waals surface area contributed by atoms with Crippen LogP contribution >= 0.6 is 0 Å². The van der Waals surface area contributed by atoms with Crippen molar-refractivity contribution in [3.63, 3.8) is 0 Å². The minimum absolute atomic E-state index is 0.626. The Morgan fingerprint density at radius 3 is 2.56 bits per heavy atom. The van der Waals surface area contributed by atoms with Crippen LogP contribution in [0.3, 0.4) is 0 Å². The van der Waals surface area contributed by atoms with Crippen LogP contribution in [0.1, 0.15) is 11.1 Å². The van der Waals surface area contributed by atoms with Gasteiger partial charge in [0.05, 0.1) is 7.11 Å². The number of hydrogen-bond acceptors (Lipinski definition) is 5. The van der Waals surface area contributed by atoms with Gasteiger partial charge >= 0.3 is 0 Å². The predicted molar refractivity (Wildman–Crippen MR) is 101 cm³/mol. The predicted octanol–water partition coefficient (Wildman–Crippen LogP) is 3.75. The van der Waals surface area contributed by atoms with Crippen molar-refractivity contribution in [3.8, 4) is 5.75 Å². The van der Waals surface area contributed by atoms with Crippen LogP contribution in [0.5, 0.6) is 5.75 Å². The minimum atomic E-state index is 0.626. The van der Waals surface area contributed by atoms with Crippen molar-refractivity contribution in [2.45, 2.75) is 13.0 Å². The van der Waals surface area contributed by atoms with E-state index in [0.717, 1.165) is 30.1 Å². The Labute approximate surface area is 148 Å². The van der Waals surface area contributed by atoms with E-state index in [1.54, 1.807) is 13.3 Å². The average molecular weight is 334 g/mol. The lowest BCUT2D eigenvalue weighted by molar-refractivity contribution is 0.410. The largest absolute Gasteiger partial charge is 0.496 e. The zero-order valence-electron chi connectivity index (χ0n) is 14.3. The van der Waals surface area contributed by atoms with E-state index >= 15 is 0 Å². The van der Waals surface area contributed by atoms with Crippen molar-refractivity contribution in [1.29, 1.82) is 0 Å². The molecule has 0 fully saturated rings. The van der Waals surface area contributed by atoms with Crippen LogP contribution in [0.15, 0.2) is 66.9 Å². The van der Waals surface area contributed by atoms with Crippen molar-refractivity contribution in [2.24, 2.45) is 0 Å². The first-order chi connectivity index (χ1) is 12.3. The number of ether oxygens (including phenoxy) is 1. The molecule has 128 valence electrons. The molecule has 1 heterocycles. The molecular weight excluding hydrogens is 312 g/mol. The first-order valence-electron chi connectivity index (χ1n) is 8.32. The highest BCUT2D eigenvalue weighted by atomic mass is 16.5. The smallest absolute Gasteiger partial charge is 0.224 e. The van der Waals surface area contributed by atoms with Gasteiger partial charge in [-0.1, -0.05) is 48.5 Å². The molecule has 2 aromatic carbocycles.